The van der Waals surface area contributed by atoms with Crippen molar-refractivity contribution in [3.63, 3.8) is 0 Å². The SMILES string of the molecule is CCS(=O)(=O)CCCC(N)c1ccc(F)c2ccccc12. The van der Waals surface area contributed by atoms with Crippen molar-refractivity contribution in [3.8, 4) is 0 Å². The van der Waals surface area contributed by atoms with Crippen molar-refractivity contribution in [2.75, 3.05) is 11.5 Å². The van der Waals surface area contributed by atoms with Crippen LogP contribution in [0.1, 0.15) is 31.4 Å². The second-order valence-electron chi connectivity index (χ2n) is 5.17. The first kappa shape index (κ1) is 15.9. The van der Waals surface area contributed by atoms with Crippen LogP contribution < -0.4 is 5.73 Å². The van der Waals surface area contributed by atoms with Gasteiger partial charge in [0.1, 0.15) is 15.7 Å². The topological polar surface area (TPSA) is 60.2 Å². The summed E-state index contributed by atoms with van der Waals surface area (Å²) < 4.78 is 36.7. The molecule has 2 N–H and O–H groups in total. The summed E-state index contributed by atoms with van der Waals surface area (Å²) in [5.74, 6) is 0.0352. The Balaban J connectivity index is 2.17. The van der Waals surface area contributed by atoms with E-state index < -0.39 is 9.84 Å². The van der Waals surface area contributed by atoms with E-state index in [1.54, 1.807) is 25.1 Å². The summed E-state index contributed by atoms with van der Waals surface area (Å²) in [6.07, 6.45) is 1.08. The van der Waals surface area contributed by atoms with Gasteiger partial charge in [0.25, 0.3) is 0 Å². The second-order valence-corrected chi connectivity index (χ2v) is 7.64. The molecule has 0 bridgehead atoms. The second kappa shape index (κ2) is 6.54. The molecule has 0 saturated carbocycles. The van der Waals surface area contributed by atoms with Gasteiger partial charge in [-0.25, -0.2) is 12.8 Å². The van der Waals surface area contributed by atoms with Crippen LogP contribution in [0.5, 0.6) is 0 Å². The van der Waals surface area contributed by atoms with E-state index in [0.29, 0.717) is 18.2 Å². The number of hydrogen-bond acceptors (Lipinski definition) is 3. The molecule has 0 spiro atoms. The van der Waals surface area contributed by atoms with Crippen molar-refractivity contribution < 1.29 is 12.8 Å². The van der Waals surface area contributed by atoms with Gasteiger partial charge in [-0.15, -0.1) is 0 Å². The Kier molecular flexibility index (Phi) is 4.96. The van der Waals surface area contributed by atoms with E-state index in [9.17, 15) is 12.8 Å². The smallest absolute Gasteiger partial charge is 0.150 e. The molecule has 0 aliphatic heterocycles. The zero-order chi connectivity index (χ0) is 15.5. The molecule has 0 aliphatic rings. The van der Waals surface area contributed by atoms with E-state index in [1.807, 2.05) is 12.1 Å². The number of nitrogens with two attached hydrogens (primary N) is 1. The van der Waals surface area contributed by atoms with Gasteiger partial charge >= 0.3 is 0 Å². The predicted molar refractivity (Wildman–Crippen MR) is 84.4 cm³/mol. The van der Waals surface area contributed by atoms with E-state index >= 15 is 0 Å². The molecule has 0 fully saturated rings. The molecule has 2 aromatic rings. The number of halogens is 1. The maximum atomic E-state index is 13.8. The van der Waals surface area contributed by atoms with Crippen molar-refractivity contribution in [2.24, 2.45) is 5.73 Å². The molecule has 0 aromatic heterocycles. The van der Waals surface area contributed by atoms with Crippen LogP contribution in [0.25, 0.3) is 10.8 Å². The van der Waals surface area contributed by atoms with Gasteiger partial charge in [0.05, 0.1) is 5.75 Å². The van der Waals surface area contributed by atoms with E-state index in [2.05, 4.69) is 0 Å². The number of hydrogen-bond donors (Lipinski definition) is 1. The van der Waals surface area contributed by atoms with Crippen LogP contribution in [0.3, 0.4) is 0 Å². The monoisotopic (exact) mass is 309 g/mol. The Hall–Kier alpha value is -1.46. The van der Waals surface area contributed by atoms with Gasteiger partial charge in [-0.2, -0.15) is 0 Å². The fraction of sp³-hybridized carbons (Fsp3) is 0.375. The van der Waals surface area contributed by atoms with Gasteiger partial charge in [0.2, 0.25) is 0 Å². The number of benzene rings is 2. The third-order valence-electron chi connectivity index (χ3n) is 3.71. The molecule has 2 rings (SSSR count). The maximum Gasteiger partial charge on any atom is 0.150 e. The van der Waals surface area contributed by atoms with E-state index in [4.69, 9.17) is 5.73 Å². The van der Waals surface area contributed by atoms with Gasteiger partial charge in [-0.05, 0) is 29.9 Å². The van der Waals surface area contributed by atoms with Gasteiger partial charge in [0, 0.05) is 17.2 Å². The molecule has 3 nitrogen and oxygen atoms in total. The van der Waals surface area contributed by atoms with Gasteiger partial charge in [-0.1, -0.05) is 37.3 Å². The fourth-order valence-electron chi connectivity index (χ4n) is 2.43. The minimum atomic E-state index is -2.96. The zero-order valence-corrected chi connectivity index (χ0v) is 12.9. The first-order valence-electron chi connectivity index (χ1n) is 7.08. The highest BCUT2D eigenvalue weighted by atomic mass is 32.2. The predicted octanol–water partition coefficient (Wildman–Crippen LogP) is 3.19. The minimum absolute atomic E-state index is 0.149. The van der Waals surface area contributed by atoms with Gasteiger partial charge in [0.15, 0.2) is 0 Å². The summed E-state index contributed by atoms with van der Waals surface area (Å²) in [6, 6.07) is 10.0. The maximum absolute atomic E-state index is 13.8. The summed E-state index contributed by atoms with van der Waals surface area (Å²) in [5.41, 5.74) is 7.03. The molecule has 0 radical (unpaired) electrons. The van der Waals surface area contributed by atoms with Crippen LogP contribution >= 0.6 is 0 Å². The Labute approximate surface area is 124 Å². The van der Waals surface area contributed by atoms with Gasteiger partial charge < -0.3 is 5.73 Å². The lowest BCUT2D eigenvalue weighted by atomic mass is 9.96. The summed E-state index contributed by atoms with van der Waals surface area (Å²) in [6.45, 7) is 1.64. The molecule has 0 saturated heterocycles. The van der Waals surface area contributed by atoms with E-state index in [0.717, 1.165) is 10.9 Å². The van der Waals surface area contributed by atoms with Crippen LogP contribution in [0.4, 0.5) is 4.39 Å². The van der Waals surface area contributed by atoms with Crippen LogP contribution in [-0.2, 0) is 9.84 Å². The Morgan fingerprint density at radius 2 is 1.81 bits per heavy atom. The number of rotatable bonds is 6. The molecule has 1 unspecified atom stereocenters. The van der Waals surface area contributed by atoms with Crippen LogP contribution in [0.15, 0.2) is 36.4 Å². The summed E-state index contributed by atoms with van der Waals surface area (Å²) in [5, 5.41) is 1.34. The quantitative estimate of drug-likeness (QED) is 0.891. The highest BCUT2D eigenvalue weighted by Gasteiger charge is 2.14. The van der Waals surface area contributed by atoms with Crippen LogP contribution in [0, 0.1) is 5.82 Å². The molecular formula is C16H20FNO2S. The molecule has 0 aliphatic carbocycles. The van der Waals surface area contributed by atoms with Crippen molar-refractivity contribution in [1.82, 2.24) is 0 Å². The average Bonchev–Trinajstić information content (AvgIpc) is 2.47. The van der Waals surface area contributed by atoms with E-state index in [1.165, 1.54) is 6.07 Å². The number of fused-ring (bicyclic) bond motifs is 1. The molecule has 5 heteroatoms. The Morgan fingerprint density at radius 1 is 1.14 bits per heavy atom. The molecule has 114 valence electrons. The third-order valence-corrected chi connectivity index (χ3v) is 5.50. The highest BCUT2D eigenvalue weighted by molar-refractivity contribution is 7.91. The molecule has 21 heavy (non-hydrogen) atoms. The first-order valence-corrected chi connectivity index (χ1v) is 8.90. The molecular weight excluding hydrogens is 289 g/mol. The fourth-order valence-corrected chi connectivity index (χ4v) is 3.33. The van der Waals surface area contributed by atoms with Gasteiger partial charge in [-0.3, -0.25) is 0 Å². The van der Waals surface area contributed by atoms with Crippen molar-refractivity contribution >= 4 is 20.6 Å². The molecule has 1 atom stereocenters. The van der Waals surface area contributed by atoms with Crippen molar-refractivity contribution in [3.05, 3.63) is 47.8 Å². The van der Waals surface area contributed by atoms with Crippen molar-refractivity contribution in [2.45, 2.75) is 25.8 Å². The molecule has 0 heterocycles. The number of sulfone groups is 1. The normalized spacial score (nSPS) is 13.5. The van der Waals surface area contributed by atoms with E-state index in [-0.39, 0.29) is 23.4 Å². The summed E-state index contributed by atoms with van der Waals surface area (Å²) in [4.78, 5) is 0. The summed E-state index contributed by atoms with van der Waals surface area (Å²) >= 11 is 0. The van der Waals surface area contributed by atoms with Crippen LogP contribution in [-0.4, -0.2) is 19.9 Å². The lowest BCUT2D eigenvalue weighted by Crippen LogP contribution is -2.14. The van der Waals surface area contributed by atoms with Crippen molar-refractivity contribution in [1.29, 1.82) is 0 Å². The molecule has 0 amide bonds. The largest absolute Gasteiger partial charge is 0.324 e. The Morgan fingerprint density at radius 3 is 2.48 bits per heavy atom. The first-order chi connectivity index (χ1) is 9.94. The lowest BCUT2D eigenvalue weighted by molar-refractivity contribution is 0.584. The zero-order valence-electron chi connectivity index (χ0n) is 12.0. The third kappa shape index (κ3) is 3.80. The summed E-state index contributed by atoms with van der Waals surface area (Å²) in [7, 11) is -2.96. The average molecular weight is 309 g/mol. The lowest BCUT2D eigenvalue weighted by Gasteiger charge is -2.15. The Bertz CT molecular complexity index is 728. The highest BCUT2D eigenvalue weighted by Crippen LogP contribution is 2.27. The minimum Gasteiger partial charge on any atom is -0.324 e. The molecule has 2 aromatic carbocycles. The van der Waals surface area contributed by atoms with Crippen LogP contribution in [0.2, 0.25) is 0 Å². The standard InChI is InChI=1S/C16H20FNO2S/c1-2-21(19,20)11-5-8-16(18)14-9-10-15(17)13-7-4-3-6-12(13)14/h3-4,6-7,9-10,16H,2,5,8,11,18H2,1H3.